The van der Waals surface area contributed by atoms with Crippen LogP contribution in [0.1, 0.15) is 45.1 Å². The van der Waals surface area contributed by atoms with Crippen molar-refractivity contribution < 1.29 is 9.53 Å². The van der Waals surface area contributed by atoms with Crippen molar-refractivity contribution in [1.82, 2.24) is 15.1 Å². The lowest BCUT2D eigenvalue weighted by atomic mass is 9.67. The highest BCUT2D eigenvalue weighted by molar-refractivity contribution is 5.75. The number of carbonyl (C=O) groups excluding carboxylic acids is 1. The largest absolute Gasteiger partial charge is 0.376 e. The summed E-state index contributed by atoms with van der Waals surface area (Å²) in [6, 6.07) is 12.5. The van der Waals surface area contributed by atoms with Gasteiger partial charge in [0, 0.05) is 43.9 Å². The third-order valence-electron chi connectivity index (χ3n) is 5.28. The normalized spacial score (nSPS) is 22.1. The summed E-state index contributed by atoms with van der Waals surface area (Å²) >= 11 is 0. The zero-order valence-corrected chi connectivity index (χ0v) is 15.8. The molecule has 140 valence electrons. The zero-order valence-electron chi connectivity index (χ0n) is 15.8. The molecule has 3 rings (SSSR count). The van der Waals surface area contributed by atoms with Crippen LogP contribution in [0.3, 0.4) is 0 Å². The molecule has 1 N–H and O–H groups in total. The van der Waals surface area contributed by atoms with Gasteiger partial charge in [-0.05, 0) is 44.7 Å². The Labute approximate surface area is 155 Å². The fourth-order valence-electron chi connectivity index (χ4n) is 4.05. The topological polar surface area (TPSA) is 56.2 Å². The number of nitrogens with one attached hydrogen (secondary N) is 1. The van der Waals surface area contributed by atoms with E-state index >= 15 is 0 Å². The fraction of sp³-hybridized carbons (Fsp3) is 0.524. The molecule has 1 amide bonds. The molecule has 0 unspecified atom stereocenters. The summed E-state index contributed by atoms with van der Waals surface area (Å²) in [5.41, 5.74) is 1.26. The Morgan fingerprint density at radius 3 is 2.77 bits per heavy atom. The summed E-state index contributed by atoms with van der Waals surface area (Å²) in [7, 11) is 0. The van der Waals surface area contributed by atoms with Gasteiger partial charge >= 0.3 is 0 Å². The maximum atomic E-state index is 12.2. The molecule has 1 saturated heterocycles. The first kappa shape index (κ1) is 18.6. The Kier molecular flexibility index (Phi) is 5.77. The molecule has 0 saturated carbocycles. The van der Waals surface area contributed by atoms with Gasteiger partial charge in [-0.25, -0.2) is 0 Å². The van der Waals surface area contributed by atoms with Crippen LogP contribution in [-0.4, -0.2) is 34.4 Å². The summed E-state index contributed by atoms with van der Waals surface area (Å²) in [5, 5.41) is 7.22. The van der Waals surface area contributed by atoms with Crippen LogP contribution < -0.4 is 5.32 Å². The Hall–Kier alpha value is -2.14. The fourth-order valence-corrected chi connectivity index (χ4v) is 4.05. The smallest absolute Gasteiger partial charge is 0.221 e. The number of ether oxygens (including phenoxy) is 1. The molecule has 0 spiro atoms. The van der Waals surface area contributed by atoms with Crippen LogP contribution in [0.25, 0.3) is 0 Å². The number of hydrogen-bond acceptors (Lipinski definition) is 3. The van der Waals surface area contributed by atoms with Gasteiger partial charge in [-0.15, -0.1) is 0 Å². The average molecular weight is 355 g/mol. The molecule has 5 nitrogen and oxygen atoms in total. The number of rotatable bonds is 7. The number of benzene rings is 1. The molecule has 2 heterocycles. The predicted molar refractivity (Wildman–Crippen MR) is 102 cm³/mol. The van der Waals surface area contributed by atoms with E-state index in [1.807, 2.05) is 12.3 Å². The highest BCUT2D eigenvalue weighted by atomic mass is 16.5. The van der Waals surface area contributed by atoms with Crippen molar-refractivity contribution in [2.45, 2.75) is 57.1 Å². The van der Waals surface area contributed by atoms with E-state index < -0.39 is 0 Å². The summed E-state index contributed by atoms with van der Waals surface area (Å²) in [4.78, 5) is 12.2. The molecule has 0 aliphatic carbocycles. The van der Waals surface area contributed by atoms with E-state index in [1.54, 1.807) is 10.9 Å². The molecule has 26 heavy (non-hydrogen) atoms. The standard InChI is InChI=1S/C21H29N3O2/c1-20(2)17-21(11-16-26-20,18-7-4-3-5-8-18)10-13-22-19(25)9-15-24-14-6-12-23-24/h3-8,12,14H,9-11,13,15-17H2,1-2H3,(H,22,25)/t21-/m0/s1. The highest BCUT2D eigenvalue weighted by Gasteiger charge is 2.41. The van der Waals surface area contributed by atoms with E-state index in [-0.39, 0.29) is 16.9 Å². The zero-order chi connectivity index (χ0) is 18.5. The van der Waals surface area contributed by atoms with Gasteiger partial charge in [0.15, 0.2) is 0 Å². The van der Waals surface area contributed by atoms with Gasteiger partial charge in [0.1, 0.15) is 0 Å². The van der Waals surface area contributed by atoms with Gasteiger partial charge in [0.05, 0.1) is 5.60 Å². The summed E-state index contributed by atoms with van der Waals surface area (Å²) in [6.45, 7) is 6.38. The third-order valence-corrected chi connectivity index (χ3v) is 5.28. The van der Waals surface area contributed by atoms with Crippen molar-refractivity contribution in [2.75, 3.05) is 13.2 Å². The lowest BCUT2D eigenvalue weighted by Gasteiger charge is -2.45. The molecule has 0 radical (unpaired) electrons. The first-order chi connectivity index (χ1) is 12.5. The van der Waals surface area contributed by atoms with Crippen molar-refractivity contribution >= 4 is 5.91 Å². The van der Waals surface area contributed by atoms with E-state index in [9.17, 15) is 4.79 Å². The quantitative estimate of drug-likeness (QED) is 0.829. The van der Waals surface area contributed by atoms with Crippen LogP contribution in [0.4, 0.5) is 0 Å². The Morgan fingerprint density at radius 2 is 2.08 bits per heavy atom. The molecule has 1 aromatic carbocycles. The van der Waals surface area contributed by atoms with Gasteiger partial charge in [0.2, 0.25) is 5.91 Å². The van der Waals surface area contributed by atoms with Crippen LogP contribution in [-0.2, 0) is 21.5 Å². The van der Waals surface area contributed by atoms with Crippen LogP contribution in [0.15, 0.2) is 48.8 Å². The minimum atomic E-state index is -0.141. The Balaban J connectivity index is 1.59. The second-order valence-corrected chi connectivity index (χ2v) is 7.80. The maximum Gasteiger partial charge on any atom is 0.221 e. The Morgan fingerprint density at radius 1 is 1.27 bits per heavy atom. The number of nitrogens with zero attached hydrogens (tertiary/aromatic N) is 2. The van der Waals surface area contributed by atoms with Crippen LogP contribution in [0.5, 0.6) is 0 Å². The van der Waals surface area contributed by atoms with E-state index in [0.717, 1.165) is 25.9 Å². The minimum Gasteiger partial charge on any atom is -0.376 e. The van der Waals surface area contributed by atoms with E-state index in [4.69, 9.17) is 4.74 Å². The molecule has 1 aliphatic rings. The van der Waals surface area contributed by atoms with Crippen molar-refractivity contribution in [3.63, 3.8) is 0 Å². The third kappa shape index (κ3) is 4.73. The number of aryl methyl sites for hydroxylation is 1. The number of hydrogen-bond donors (Lipinski definition) is 1. The van der Waals surface area contributed by atoms with Crippen molar-refractivity contribution in [2.24, 2.45) is 0 Å². The van der Waals surface area contributed by atoms with E-state index in [1.165, 1.54) is 5.56 Å². The SMILES string of the molecule is CC1(C)C[C@@](CCNC(=O)CCn2cccn2)(c2ccccc2)CCO1. The molecular weight excluding hydrogens is 326 g/mol. The lowest BCUT2D eigenvalue weighted by Crippen LogP contribution is -2.45. The second-order valence-electron chi connectivity index (χ2n) is 7.80. The molecule has 1 fully saturated rings. The molecule has 1 atom stereocenters. The van der Waals surface area contributed by atoms with E-state index in [0.29, 0.717) is 19.5 Å². The summed E-state index contributed by atoms with van der Waals surface area (Å²) in [5.74, 6) is 0.0787. The van der Waals surface area contributed by atoms with Gasteiger partial charge in [-0.3, -0.25) is 9.48 Å². The molecule has 1 aromatic heterocycles. The number of carbonyl (C=O) groups is 1. The predicted octanol–water partition coefficient (Wildman–Crippen LogP) is 3.31. The van der Waals surface area contributed by atoms with Gasteiger partial charge in [-0.1, -0.05) is 30.3 Å². The lowest BCUT2D eigenvalue weighted by molar-refractivity contribution is -0.121. The number of aromatic nitrogens is 2. The van der Waals surface area contributed by atoms with Crippen LogP contribution in [0.2, 0.25) is 0 Å². The minimum absolute atomic E-state index is 0.0538. The Bertz CT molecular complexity index is 697. The molecule has 2 aromatic rings. The molecule has 5 heteroatoms. The summed E-state index contributed by atoms with van der Waals surface area (Å²) in [6.07, 6.45) is 6.94. The second kappa shape index (κ2) is 8.04. The van der Waals surface area contributed by atoms with Gasteiger partial charge in [0.25, 0.3) is 0 Å². The number of amides is 1. The van der Waals surface area contributed by atoms with Gasteiger partial charge < -0.3 is 10.1 Å². The first-order valence-corrected chi connectivity index (χ1v) is 9.43. The summed E-state index contributed by atoms with van der Waals surface area (Å²) < 4.78 is 7.74. The monoisotopic (exact) mass is 355 g/mol. The van der Waals surface area contributed by atoms with Crippen molar-refractivity contribution in [1.29, 1.82) is 0 Å². The molecule has 1 aliphatic heterocycles. The average Bonchev–Trinajstić information content (AvgIpc) is 3.13. The van der Waals surface area contributed by atoms with Crippen molar-refractivity contribution in [3.05, 3.63) is 54.4 Å². The first-order valence-electron chi connectivity index (χ1n) is 9.43. The van der Waals surface area contributed by atoms with Crippen LogP contribution in [0, 0.1) is 0 Å². The van der Waals surface area contributed by atoms with Gasteiger partial charge in [-0.2, -0.15) is 5.10 Å². The van der Waals surface area contributed by atoms with Crippen LogP contribution >= 0.6 is 0 Å². The maximum absolute atomic E-state index is 12.2. The molecule has 0 bridgehead atoms. The van der Waals surface area contributed by atoms with Crippen molar-refractivity contribution in [3.8, 4) is 0 Å². The molecular formula is C21H29N3O2. The van der Waals surface area contributed by atoms with E-state index in [2.05, 4.69) is 54.6 Å². The highest BCUT2D eigenvalue weighted by Crippen LogP contribution is 2.43.